The van der Waals surface area contributed by atoms with Crippen LogP contribution in [0.25, 0.3) is 0 Å². The first-order chi connectivity index (χ1) is 13.7. The van der Waals surface area contributed by atoms with E-state index < -0.39 is 0 Å². The topological polar surface area (TPSA) is 89.0 Å². The van der Waals surface area contributed by atoms with Crippen LogP contribution in [0.2, 0.25) is 0 Å². The number of rotatable bonds is 7. The van der Waals surface area contributed by atoms with E-state index in [9.17, 15) is 4.79 Å². The number of nitrogens with zero attached hydrogens (tertiary/aromatic N) is 4. The second-order valence-corrected chi connectivity index (χ2v) is 6.15. The minimum Gasteiger partial charge on any atom is -0.496 e. The van der Waals surface area contributed by atoms with Crippen molar-refractivity contribution in [3.63, 3.8) is 0 Å². The highest BCUT2D eigenvalue weighted by atomic mass is 16.5. The Labute approximate surface area is 164 Å². The van der Waals surface area contributed by atoms with Gasteiger partial charge in [-0.3, -0.25) is 0 Å². The number of methoxy groups -OCH3 is 2. The number of piperazine rings is 1. The maximum atomic E-state index is 12.3. The molecule has 1 aromatic heterocycles. The van der Waals surface area contributed by atoms with Crippen molar-refractivity contribution in [3.05, 3.63) is 36.7 Å². The summed E-state index contributed by atoms with van der Waals surface area (Å²) in [6.07, 6.45) is 3.44. The molecule has 1 saturated heterocycles. The van der Waals surface area contributed by atoms with E-state index in [-0.39, 0.29) is 6.03 Å². The van der Waals surface area contributed by atoms with Gasteiger partial charge in [0, 0.05) is 56.8 Å². The van der Waals surface area contributed by atoms with Crippen molar-refractivity contribution in [1.82, 2.24) is 20.2 Å². The smallest absolute Gasteiger partial charge is 0.317 e. The minimum atomic E-state index is -0.0968. The molecule has 2 heterocycles. The lowest BCUT2D eigenvalue weighted by atomic mass is 10.3. The van der Waals surface area contributed by atoms with E-state index >= 15 is 0 Å². The molecular formula is C19H25N5O4. The van der Waals surface area contributed by atoms with Crippen LogP contribution in [-0.4, -0.2) is 74.4 Å². The van der Waals surface area contributed by atoms with E-state index in [1.54, 1.807) is 55.8 Å². The zero-order valence-corrected chi connectivity index (χ0v) is 16.1. The Bertz CT molecular complexity index is 744. The molecule has 2 amide bonds. The summed E-state index contributed by atoms with van der Waals surface area (Å²) < 4.78 is 16.1. The van der Waals surface area contributed by atoms with E-state index in [1.165, 1.54) is 0 Å². The highest BCUT2D eigenvalue weighted by Crippen LogP contribution is 2.27. The van der Waals surface area contributed by atoms with Crippen LogP contribution in [0.4, 0.5) is 10.7 Å². The number of ether oxygens (including phenoxy) is 3. The van der Waals surface area contributed by atoms with Crippen molar-refractivity contribution in [2.45, 2.75) is 0 Å². The third kappa shape index (κ3) is 5.15. The predicted octanol–water partition coefficient (Wildman–Crippen LogP) is 1.40. The lowest BCUT2D eigenvalue weighted by molar-refractivity contribution is 0.191. The third-order valence-corrected chi connectivity index (χ3v) is 4.37. The quantitative estimate of drug-likeness (QED) is 0.719. The van der Waals surface area contributed by atoms with Gasteiger partial charge in [0.25, 0.3) is 0 Å². The van der Waals surface area contributed by atoms with Gasteiger partial charge in [0.15, 0.2) is 0 Å². The molecule has 28 heavy (non-hydrogen) atoms. The van der Waals surface area contributed by atoms with Crippen LogP contribution >= 0.6 is 0 Å². The van der Waals surface area contributed by atoms with E-state index in [1.807, 2.05) is 0 Å². The molecule has 1 N–H and O–H groups in total. The maximum Gasteiger partial charge on any atom is 0.317 e. The lowest BCUT2D eigenvalue weighted by Crippen LogP contribution is -2.52. The molecule has 9 nitrogen and oxygen atoms in total. The summed E-state index contributed by atoms with van der Waals surface area (Å²) in [7, 11) is 3.17. The summed E-state index contributed by atoms with van der Waals surface area (Å²) in [5.74, 6) is 2.63. The average molecular weight is 387 g/mol. The molecule has 1 aliphatic rings. The fraction of sp³-hybridized carbons (Fsp3) is 0.421. The Morgan fingerprint density at radius 1 is 1.00 bits per heavy atom. The monoisotopic (exact) mass is 387 g/mol. The zero-order chi connectivity index (χ0) is 19.8. The van der Waals surface area contributed by atoms with Gasteiger partial charge in [-0.25, -0.2) is 14.8 Å². The number of nitrogens with one attached hydrogen (secondary N) is 1. The minimum absolute atomic E-state index is 0.0968. The molecule has 0 atom stereocenters. The van der Waals surface area contributed by atoms with Crippen molar-refractivity contribution >= 4 is 12.0 Å². The normalized spacial score (nSPS) is 13.8. The number of amides is 2. The molecule has 0 radical (unpaired) electrons. The number of hydrogen-bond acceptors (Lipinski definition) is 7. The van der Waals surface area contributed by atoms with Crippen molar-refractivity contribution in [3.8, 4) is 17.2 Å². The molecule has 0 spiro atoms. The Hall–Kier alpha value is -3.23. The summed E-state index contributed by atoms with van der Waals surface area (Å²) in [4.78, 5) is 24.7. The van der Waals surface area contributed by atoms with Crippen molar-refractivity contribution in [2.75, 3.05) is 58.5 Å². The number of carbonyl (C=O) groups excluding carboxylic acids is 1. The standard InChI is InChI=1S/C19H25N5O4/c1-26-15-12-16(27-2)14-17(13-15)28-11-6-22-19(25)24-9-7-23(8-10-24)18-20-4-3-5-21-18/h3-5,12-14H,6-11H2,1-2H3,(H,22,25). The summed E-state index contributed by atoms with van der Waals surface area (Å²) >= 11 is 0. The van der Waals surface area contributed by atoms with Gasteiger partial charge in [0.1, 0.15) is 23.9 Å². The summed E-state index contributed by atoms with van der Waals surface area (Å²) in [5.41, 5.74) is 0. The Balaban J connectivity index is 1.39. The molecule has 0 aliphatic carbocycles. The summed E-state index contributed by atoms with van der Waals surface area (Å²) in [6.45, 7) is 3.41. The highest BCUT2D eigenvalue weighted by Gasteiger charge is 2.22. The van der Waals surface area contributed by atoms with Gasteiger partial charge in [-0.15, -0.1) is 0 Å². The lowest BCUT2D eigenvalue weighted by Gasteiger charge is -2.34. The number of aromatic nitrogens is 2. The molecule has 0 saturated carbocycles. The number of anilines is 1. The van der Waals surface area contributed by atoms with Crippen molar-refractivity contribution in [2.24, 2.45) is 0 Å². The first-order valence-electron chi connectivity index (χ1n) is 9.10. The average Bonchev–Trinajstić information content (AvgIpc) is 2.77. The molecule has 150 valence electrons. The Kier molecular flexibility index (Phi) is 6.72. The van der Waals surface area contributed by atoms with Crippen molar-refractivity contribution in [1.29, 1.82) is 0 Å². The SMILES string of the molecule is COc1cc(OC)cc(OCCNC(=O)N2CCN(c3ncccn3)CC2)c1. The maximum absolute atomic E-state index is 12.3. The van der Waals surface area contributed by atoms with Gasteiger partial charge in [0.2, 0.25) is 5.95 Å². The largest absolute Gasteiger partial charge is 0.496 e. The fourth-order valence-corrected chi connectivity index (χ4v) is 2.87. The first-order valence-corrected chi connectivity index (χ1v) is 9.10. The second-order valence-electron chi connectivity index (χ2n) is 6.15. The van der Waals surface area contributed by atoms with Crippen LogP contribution in [0, 0.1) is 0 Å². The van der Waals surface area contributed by atoms with E-state index in [0.29, 0.717) is 62.5 Å². The number of benzene rings is 1. The molecule has 2 aromatic rings. The molecule has 1 aliphatic heterocycles. The van der Waals surface area contributed by atoms with Crippen molar-refractivity contribution < 1.29 is 19.0 Å². The number of hydrogen-bond donors (Lipinski definition) is 1. The van der Waals surface area contributed by atoms with Gasteiger partial charge in [-0.05, 0) is 6.07 Å². The Morgan fingerprint density at radius 3 is 2.21 bits per heavy atom. The van der Waals surface area contributed by atoms with Crippen LogP contribution in [0.3, 0.4) is 0 Å². The summed E-state index contributed by atoms with van der Waals surface area (Å²) in [6, 6.07) is 7.01. The van der Waals surface area contributed by atoms with Gasteiger partial charge >= 0.3 is 6.03 Å². The molecular weight excluding hydrogens is 362 g/mol. The number of carbonyl (C=O) groups is 1. The highest BCUT2D eigenvalue weighted by molar-refractivity contribution is 5.74. The molecule has 1 aromatic carbocycles. The van der Waals surface area contributed by atoms with Crippen LogP contribution < -0.4 is 24.4 Å². The molecule has 0 unspecified atom stereocenters. The van der Waals surface area contributed by atoms with Gasteiger partial charge < -0.3 is 29.3 Å². The molecule has 9 heteroatoms. The van der Waals surface area contributed by atoms with E-state index in [4.69, 9.17) is 14.2 Å². The first kappa shape index (κ1) is 19.5. The molecule has 1 fully saturated rings. The fourth-order valence-electron chi connectivity index (χ4n) is 2.87. The third-order valence-electron chi connectivity index (χ3n) is 4.37. The summed E-state index contributed by atoms with van der Waals surface area (Å²) in [5, 5.41) is 2.88. The van der Waals surface area contributed by atoms with Crippen LogP contribution in [-0.2, 0) is 0 Å². The van der Waals surface area contributed by atoms with Crippen LogP contribution in [0.1, 0.15) is 0 Å². The van der Waals surface area contributed by atoms with Gasteiger partial charge in [0.05, 0.1) is 20.8 Å². The van der Waals surface area contributed by atoms with Crippen LogP contribution in [0.5, 0.6) is 17.2 Å². The second kappa shape index (κ2) is 9.63. The Morgan fingerprint density at radius 2 is 1.61 bits per heavy atom. The predicted molar refractivity (Wildman–Crippen MR) is 104 cm³/mol. The van der Waals surface area contributed by atoms with Gasteiger partial charge in [-0.2, -0.15) is 0 Å². The van der Waals surface area contributed by atoms with Gasteiger partial charge in [-0.1, -0.05) is 0 Å². The number of urea groups is 1. The zero-order valence-electron chi connectivity index (χ0n) is 16.1. The molecule has 0 bridgehead atoms. The van der Waals surface area contributed by atoms with Crippen LogP contribution in [0.15, 0.2) is 36.7 Å². The molecule has 3 rings (SSSR count). The van der Waals surface area contributed by atoms with E-state index in [0.717, 1.165) is 0 Å². The van der Waals surface area contributed by atoms with E-state index in [2.05, 4.69) is 20.2 Å².